The molecule has 1 aliphatic heterocycles. The lowest BCUT2D eigenvalue weighted by Gasteiger charge is -2.29. The summed E-state index contributed by atoms with van der Waals surface area (Å²) in [6, 6.07) is 4.85. The lowest BCUT2D eigenvalue weighted by atomic mass is 10.1. The molecule has 1 aromatic rings. The summed E-state index contributed by atoms with van der Waals surface area (Å²) in [6.45, 7) is 1.19. The van der Waals surface area contributed by atoms with Crippen LogP contribution in [0.1, 0.15) is 18.7 Å². The lowest BCUT2D eigenvalue weighted by Crippen LogP contribution is -2.35. The van der Waals surface area contributed by atoms with E-state index in [9.17, 15) is 9.59 Å². The highest BCUT2D eigenvalue weighted by molar-refractivity contribution is 6.35. The molecule has 0 N–H and O–H groups in total. The number of amides is 2. The smallest absolute Gasteiger partial charge is 0.268 e. The van der Waals surface area contributed by atoms with Crippen molar-refractivity contribution in [2.45, 2.75) is 13.1 Å². The van der Waals surface area contributed by atoms with E-state index in [1.807, 2.05) is 0 Å². The number of ether oxygens (including phenoxy) is 1. The zero-order chi connectivity index (χ0) is 15.6. The highest BCUT2D eigenvalue weighted by atomic mass is 35.5. The van der Waals surface area contributed by atoms with Crippen LogP contribution < -0.4 is 0 Å². The largest absolute Gasteiger partial charge is 0.356 e. The third-order valence-electron chi connectivity index (χ3n) is 3.02. The molecule has 1 aromatic carbocycles. The van der Waals surface area contributed by atoms with Crippen molar-refractivity contribution in [1.29, 1.82) is 0 Å². The molecule has 0 saturated carbocycles. The highest BCUT2D eigenvalue weighted by Gasteiger charge is 2.42. The first kappa shape index (κ1) is 16.0. The van der Waals surface area contributed by atoms with Gasteiger partial charge < -0.3 is 9.64 Å². The number of hydrogen-bond donors (Lipinski definition) is 0. The Morgan fingerprint density at radius 1 is 1.43 bits per heavy atom. The molecule has 1 aliphatic rings. The monoisotopic (exact) mass is 332 g/mol. The molecule has 1 heterocycles. The summed E-state index contributed by atoms with van der Waals surface area (Å²) in [6.07, 6.45) is -0.741. The molecule has 114 valence electrons. The van der Waals surface area contributed by atoms with Gasteiger partial charge in [0, 0.05) is 29.6 Å². The quantitative estimate of drug-likeness (QED) is 0.793. The number of carbonyl (C=O) groups excluding carboxylic acids is 2. The Balaban J connectivity index is 2.41. The Kier molecular flexibility index (Phi) is 5.05. The van der Waals surface area contributed by atoms with Gasteiger partial charge >= 0.3 is 0 Å². The van der Waals surface area contributed by atoms with Crippen LogP contribution in [-0.2, 0) is 19.2 Å². The predicted octanol–water partition coefficient (Wildman–Crippen LogP) is 2.22. The predicted molar refractivity (Wildman–Crippen MR) is 76.4 cm³/mol. The van der Waals surface area contributed by atoms with Crippen molar-refractivity contribution in [3.8, 4) is 0 Å². The second-order valence-electron chi connectivity index (χ2n) is 4.44. The molecule has 0 aromatic heterocycles. The molecule has 8 heteroatoms. The van der Waals surface area contributed by atoms with E-state index in [0.29, 0.717) is 15.6 Å². The van der Waals surface area contributed by atoms with E-state index >= 15 is 0 Å². The van der Waals surface area contributed by atoms with Crippen molar-refractivity contribution in [2.75, 3.05) is 20.4 Å². The fourth-order valence-electron chi connectivity index (χ4n) is 2.11. The SMILES string of the molecule is COCON1C(=O)CN(C(C)=O)[C@H]1c1ccc(Cl)cc1Cl. The second-order valence-corrected chi connectivity index (χ2v) is 5.29. The Labute approximate surface area is 132 Å². The van der Waals surface area contributed by atoms with Crippen LogP contribution >= 0.6 is 23.2 Å². The van der Waals surface area contributed by atoms with Gasteiger partial charge in [-0.05, 0) is 12.1 Å². The number of benzene rings is 1. The molecule has 0 bridgehead atoms. The van der Waals surface area contributed by atoms with Crippen molar-refractivity contribution in [2.24, 2.45) is 0 Å². The van der Waals surface area contributed by atoms with Crippen LogP contribution in [0.2, 0.25) is 10.0 Å². The molecule has 2 amide bonds. The van der Waals surface area contributed by atoms with E-state index < -0.39 is 6.17 Å². The van der Waals surface area contributed by atoms with Crippen molar-refractivity contribution >= 4 is 35.0 Å². The first-order chi connectivity index (χ1) is 9.95. The number of rotatable bonds is 4. The maximum atomic E-state index is 12.0. The normalized spacial score (nSPS) is 18.5. The minimum absolute atomic E-state index is 0.0807. The van der Waals surface area contributed by atoms with E-state index in [1.54, 1.807) is 18.2 Å². The minimum Gasteiger partial charge on any atom is -0.356 e. The summed E-state index contributed by atoms with van der Waals surface area (Å²) in [5.74, 6) is -0.610. The van der Waals surface area contributed by atoms with Crippen molar-refractivity contribution in [3.63, 3.8) is 0 Å². The highest BCUT2D eigenvalue weighted by Crippen LogP contribution is 2.36. The average Bonchev–Trinajstić information content (AvgIpc) is 2.74. The van der Waals surface area contributed by atoms with Crippen LogP contribution in [0.5, 0.6) is 0 Å². The van der Waals surface area contributed by atoms with E-state index in [4.69, 9.17) is 32.8 Å². The fourth-order valence-corrected chi connectivity index (χ4v) is 2.61. The van der Waals surface area contributed by atoms with Crippen LogP contribution in [0.4, 0.5) is 0 Å². The van der Waals surface area contributed by atoms with E-state index in [1.165, 1.54) is 18.9 Å². The third kappa shape index (κ3) is 3.29. The second kappa shape index (κ2) is 6.62. The lowest BCUT2D eigenvalue weighted by molar-refractivity contribution is -0.233. The molecule has 1 saturated heterocycles. The van der Waals surface area contributed by atoms with Crippen molar-refractivity contribution in [3.05, 3.63) is 33.8 Å². The van der Waals surface area contributed by atoms with Crippen LogP contribution in [0.15, 0.2) is 18.2 Å². The first-order valence-corrected chi connectivity index (χ1v) is 6.87. The number of hydrogen-bond acceptors (Lipinski definition) is 4. The van der Waals surface area contributed by atoms with Gasteiger partial charge in [0.05, 0.1) is 0 Å². The Bertz CT molecular complexity index is 567. The van der Waals surface area contributed by atoms with E-state index in [0.717, 1.165) is 5.06 Å². The minimum atomic E-state index is -0.741. The van der Waals surface area contributed by atoms with Gasteiger partial charge in [0.2, 0.25) is 5.91 Å². The molecule has 0 spiro atoms. The molecule has 21 heavy (non-hydrogen) atoms. The maximum absolute atomic E-state index is 12.0. The van der Waals surface area contributed by atoms with Gasteiger partial charge in [0.15, 0.2) is 13.0 Å². The third-order valence-corrected chi connectivity index (χ3v) is 3.59. The van der Waals surface area contributed by atoms with Gasteiger partial charge in [-0.2, -0.15) is 5.06 Å². The fraction of sp³-hybridized carbons (Fsp3) is 0.385. The van der Waals surface area contributed by atoms with Gasteiger partial charge in [0.25, 0.3) is 5.91 Å². The van der Waals surface area contributed by atoms with Crippen LogP contribution in [0, 0.1) is 0 Å². The average molecular weight is 333 g/mol. The van der Waals surface area contributed by atoms with Crippen LogP contribution in [0.3, 0.4) is 0 Å². The summed E-state index contributed by atoms with van der Waals surface area (Å²) in [4.78, 5) is 30.4. The number of hydroxylamine groups is 2. The van der Waals surface area contributed by atoms with Gasteiger partial charge in [-0.3, -0.25) is 9.59 Å². The van der Waals surface area contributed by atoms with Gasteiger partial charge in [-0.15, -0.1) is 0 Å². The molecular weight excluding hydrogens is 319 g/mol. The van der Waals surface area contributed by atoms with Gasteiger partial charge in [-0.1, -0.05) is 29.3 Å². The topological polar surface area (TPSA) is 59.1 Å². The van der Waals surface area contributed by atoms with E-state index in [-0.39, 0.29) is 25.2 Å². The van der Waals surface area contributed by atoms with Crippen LogP contribution in [-0.4, -0.2) is 42.2 Å². The molecule has 0 aliphatic carbocycles. The number of carbonyl (C=O) groups is 2. The standard InChI is InChI=1S/C13H14Cl2N2O4/c1-8(18)16-6-12(19)17(21-7-20-2)13(16)10-4-3-9(14)5-11(10)15/h3-5,13H,6-7H2,1-2H3/t13-/m1/s1. The summed E-state index contributed by atoms with van der Waals surface area (Å²) >= 11 is 12.1. The summed E-state index contributed by atoms with van der Waals surface area (Å²) in [5, 5.41) is 1.91. The maximum Gasteiger partial charge on any atom is 0.268 e. The molecule has 1 fully saturated rings. The van der Waals surface area contributed by atoms with Crippen molar-refractivity contribution < 1.29 is 19.2 Å². The summed E-state index contributed by atoms with van der Waals surface area (Å²) in [7, 11) is 1.44. The molecule has 2 rings (SSSR count). The molecule has 0 radical (unpaired) electrons. The Morgan fingerprint density at radius 3 is 2.71 bits per heavy atom. The van der Waals surface area contributed by atoms with Crippen LogP contribution in [0.25, 0.3) is 0 Å². The number of halogens is 2. The van der Waals surface area contributed by atoms with Gasteiger partial charge in [0.1, 0.15) is 6.54 Å². The van der Waals surface area contributed by atoms with E-state index in [2.05, 4.69) is 0 Å². The zero-order valence-electron chi connectivity index (χ0n) is 11.5. The number of methoxy groups -OCH3 is 1. The first-order valence-electron chi connectivity index (χ1n) is 6.11. The number of nitrogens with zero attached hydrogens (tertiary/aromatic N) is 2. The summed E-state index contributed by atoms with van der Waals surface area (Å²) < 4.78 is 4.81. The zero-order valence-corrected chi connectivity index (χ0v) is 13.0. The Hall–Kier alpha value is -1.34. The summed E-state index contributed by atoms with van der Waals surface area (Å²) in [5.41, 5.74) is 0.554. The van der Waals surface area contributed by atoms with Gasteiger partial charge in [-0.25, -0.2) is 4.84 Å². The molecule has 6 nitrogen and oxygen atoms in total. The van der Waals surface area contributed by atoms with Crippen molar-refractivity contribution in [1.82, 2.24) is 9.96 Å². The molecule has 0 unspecified atom stereocenters. The molecular formula is C13H14Cl2N2O4. The molecule has 1 atom stereocenters. The Morgan fingerprint density at radius 2 is 2.14 bits per heavy atom.